The Morgan fingerprint density at radius 1 is 1.41 bits per heavy atom. The van der Waals surface area contributed by atoms with Gasteiger partial charge >= 0.3 is 0 Å². The van der Waals surface area contributed by atoms with E-state index in [2.05, 4.69) is 11.9 Å². The van der Waals surface area contributed by atoms with Gasteiger partial charge in [-0.05, 0) is 30.7 Å². The number of aliphatic hydroxyl groups is 1. The fourth-order valence-corrected chi connectivity index (χ4v) is 3.00. The highest BCUT2D eigenvalue weighted by Gasteiger charge is 2.30. The van der Waals surface area contributed by atoms with E-state index in [0.717, 1.165) is 22.7 Å². The van der Waals surface area contributed by atoms with Crippen LogP contribution in [0.4, 0.5) is 0 Å². The second-order valence-electron chi connectivity index (χ2n) is 5.27. The zero-order valence-electron chi connectivity index (χ0n) is 12.4. The minimum Gasteiger partial charge on any atom is -0.494 e. The molecule has 0 aliphatic carbocycles. The molecule has 0 atom stereocenters. The summed E-state index contributed by atoms with van der Waals surface area (Å²) in [4.78, 5) is 18.1. The molecule has 1 fully saturated rings. The summed E-state index contributed by atoms with van der Waals surface area (Å²) >= 11 is 1.45. The molecule has 116 valence electrons. The van der Waals surface area contributed by atoms with Crippen LogP contribution in [0, 0.1) is 0 Å². The van der Waals surface area contributed by atoms with Gasteiger partial charge in [0.2, 0.25) is 0 Å². The summed E-state index contributed by atoms with van der Waals surface area (Å²) < 4.78 is 5.55. The second kappa shape index (κ2) is 6.46. The lowest BCUT2D eigenvalue weighted by Gasteiger charge is -2.35. The van der Waals surface area contributed by atoms with Gasteiger partial charge in [-0.15, -0.1) is 11.3 Å². The van der Waals surface area contributed by atoms with Crippen molar-refractivity contribution in [2.24, 2.45) is 0 Å². The number of amides is 1. The molecule has 1 N–H and O–H groups in total. The fraction of sp³-hybridized carbons (Fsp3) is 0.375. The third kappa shape index (κ3) is 3.13. The molecule has 1 aliphatic heterocycles. The van der Waals surface area contributed by atoms with E-state index in [0.29, 0.717) is 25.4 Å². The number of hydrogen-bond donors (Lipinski definition) is 1. The summed E-state index contributed by atoms with van der Waals surface area (Å²) in [6, 6.07) is 7.73. The molecule has 2 heterocycles. The van der Waals surface area contributed by atoms with Crippen LogP contribution in [0.3, 0.4) is 0 Å². The fourth-order valence-electron chi connectivity index (χ4n) is 2.20. The SMILES string of the molecule is CCCOc1ccc(-c2nc(C(=O)N3CC(O)C3)cs2)cc1. The Labute approximate surface area is 133 Å². The van der Waals surface area contributed by atoms with Gasteiger partial charge in [0.05, 0.1) is 12.7 Å². The maximum absolute atomic E-state index is 12.1. The summed E-state index contributed by atoms with van der Waals surface area (Å²) in [6.07, 6.45) is 0.586. The molecule has 0 radical (unpaired) electrons. The van der Waals surface area contributed by atoms with Gasteiger partial charge in [-0.25, -0.2) is 4.98 Å². The van der Waals surface area contributed by atoms with Gasteiger partial charge in [-0.3, -0.25) is 4.79 Å². The Balaban J connectivity index is 1.69. The van der Waals surface area contributed by atoms with Crippen LogP contribution in [-0.4, -0.2) is 46.7 Å². The average Bonchev–Trinajstić information content (AvgIpc) is 2.99. The number of benzene rings is 1. The number of thiazole rings is 1. The van der Waals surface area contributed by atoms with Crippen LogP contribution in [0.2, 0.25) is 0 Å². The van der Waals surface area contributed by atoms with E-state index in [-0.39, 0.29) is 5.91 Å². The number of nitrogens with zero attached hydrogens (tertiary/aromatic N) is 2. The summed E-state index contributed by atoms with van der Waals surface area (Å²) in [5.41, 5.74) is 1.41. The van der Waals surface area contributed by atoms with Crippen LogP contribution < -0.4 is 4.74 Å². The lowest BCUT2D eigenvalue weighted by molar-refractivity contribution is 0.00556. The first kappa shape index (κ1) is 15.0. The van der Waals surface area contributed by atoms with E-state index >= 15 is 0 Å². The first-order valence-corrected chi connectivity index (χ1v) is 8.21. The van der Waals surface area contributed by atoms with E-state index in [1.165, 1.54) is 11.3 Å². The summed E-state index contributed by atoms with van der Waals surface area (Å²) in [7, 11) is 0. The predicted octanol–water partition coefficient (Wildman–Crippen LogP) is 2.42. The summed E-state index contributed by atoms with van der Waals surface area (Å²) in [5, 5.41) is 11.8. The van der Waals surface area contributed by atoms with E-state index in [9.17, 15) is 9.90 Å². The van der Waals surface area contributed by atoms with Crippen LogP contribution in [0.15, 0.2) is 29.6 Å². The maximum atomic E-state index is 12.1. The lowest BCUT2D eigenvalue weighted by atomic mass is 10.1. The van der Waals surface area contributed by atoms with E-state index < -0.39 is 6.10 Å². The number of carbonyl (C=O) groups is 1. The van der Waals surface area contributed by atoms with Crippen molar-refractivity contribution in [3.05, 3.63) is 35.3 Å². The molecule has 3 rings (SSSR count). The molecule has 5 nitrogen and oxygen atoms in total. The highest BCUT2D eigenvalue weighted by molar-refractivity contribution is 7.13. The number of carbonyl (C=O) groups excluding carboxylic acids is 1. The van der Waals surface area contributed by atoms with Gasteiger partial charge in [0.15, 0.2) is 0 Å². The third-order valence-corrected chi connectivity index (χ3v) is 4.34. The molecular weight excluding hydrogens is 300 g/mol. The molecule has 1 amide bonds. The topological polar surface area (TPSA) is 62.7 Å². The Morgan fingerprint density at radius 2 is 2.14 bits per heavy atom. The standard InChI is InChI=1S/C16H18N2O3S/c1-2-7-21-13-5-3-11(4-6-13)15-17-14(10-22-15)16(20)18-8-12(19)9-18/h3-6,10,12,19H,2,7-9H2,1H3. The first-order chi connectivity index (χ1) is 10.7. The Bertz CT molecular complexity index is 648. The average molecular weight is 318 g/mol. The zero-order chi connectivity index (χ0) is 15.5. The van der Waals surface area contributed by atoms with Gasteiger partial charge in [0.25, 0.3) is 5.91 Å². The molecular formula is C16H18N2O3S. The lowest BCUT2D eigenvalue weighted by Crippen LogP contribution is -2.53. The molecule has 1 aromatic carbocycles. The monoisotopic (exact) mass is 318 g/mol. The van der Waals surface area contributed by atoms with Gasteiger partial charge in [0.1, 0.15) is 16.5 Å². The molecule has 2 aromatic rings. The van der Waals surface area contributed by atoms with Crippen molar-refractivity contribution in [2.45, 2.75) is 19.4 Å². The van der Waals surface area contributed by atoms with Crippen molar-refractivity contribution in [1.29, 1.82) is 0 Å². The van der Waals surface area contributed by atoms with Gasteiger partial charge < -0.3 is 14.7 Å². The van der Waals surface area contributed by atoms with Crippen molar-refractivity contribution in [1.82, 2.24) is 9.88 Å². The molecule has 6 heteroatoms. The van der Waals surface area contributed by atoms with Gasteiger partial charge in [0, 0.05) is 24.0 Å². The molecule has 0 saturated carbocycles. The van der Waals surface area contributed by atoms with E-state index in [1.807, 2.05) is 24.3 Å². The minimum absolute atomic E-state index is 0.115. The van der Waals surface area contributed by atoms with Crippen molar-refractivity contribution in [3.63, 3.8) is 0 Å². The van der Waals surface area contributed by atoms with Gasteiger partial charge in [-0.2, -0.15) is 0 Å². The normalized spacial score (nSPS) is 14.7. The summed E-state index contributed by atoms with van der Waals surface area (Å²) in [6.45, 7) is 3.57. The van der Waals surface area contributed by atoms with Crippen molar-refractivity contribution >= 4 is 17.2 Å². The predicted molar refractivity (Wildman–Crippen MR) is 85.2 cm³/mol. The number of β-amino-alcohol motifs (C(OH)–C–C–N with tert-alkyl or cyclic N) is 1. The quantitative estimate of drug-likeness (QED) is 0.919. The molecule has 0 spiro atoms. The minimum atomic E-state index is -0.391. The Hall–Kier alpha value is -1.92. The highest BCUT2D eigenvalue weighted by Crippen LogP contribution is 2.26. The molecule has 1 saturated heterocycles. The Morgan fingerprint density at radius 3 is 2.77 bits per heavy atom. The van der Waals surface area contributed by atoms with Crippen LogP contribution in [0.1, 0.15) is 23.8 Å². The van der Waals surface area contributed by atoms with E-state index in [1.54, 1.807) is 10.3 Å². The molecule has 0 bridgehead atoms. The number of likely N-dealkylation sites (tertiary alicyclic amines) is 1. The second-order valence-corrected chi connectivity index (χ2v) is 6.13. The molecule has 1 aromatic heterocycles. The van der Waals surface area contributed by atoms with Crippen molar-refractivity contribution in [3.8, 4) is 16.3 Å². The molecule has 1 aliphatic rings. The number of rotatable bonds is 5. The van der Waals surface area contributed by atoms with Crippen LogP contribution >= 0.6 is 11.3 Å². The number of aliphatic hydroxyl groups excluding tert-OH is 1. The van der Waals surface area contributed by atoms with Gasteiger partial charge in [-0.1, -0.05) is 6.92 Å². The maximum Gasteiger partial charge on any atom is 0.273 e. The van der Waals surface area contributed by atoms with Crippen molar-refractivity contribution < 1.29 is 14.6 Å². The first-order valence-electron chi connectivity index (χ1n) is 7.33. The largest absolute Gasteiger partial charge is 0.494 e. The smallest absolute Gasteiger partial charge is 0.273 e. The van der Waals surface area contributed by atoms with Crippen LogP contribution in [-0.2, 0) is 0 Å². The van der Waals surface area contributed by atoms with Crippen LogP contribution in [0.5, 0.6) is 5.75 Å². The highest BCUT2D eigenvalue weighted by atomic mass is 32.1. The third-order valence-electron chi connectivity index (χ3n) is 3.45. The number of ether oxygens (including phenoxy) is 1. The Kier molecular flexibility index (Phi) is 4.40. The number of aromatic nitrogens is 1. The summed E-state index contributed by atoms with van der Waals surface area (Å²) in [5.74, 6) is 0.726. The zero-order valence-corrected chi connectivity index (χ0v) is 13.2. The van der Waals surface area contributed by atoms with Crippen LogP contribution in [0.25, 0.3) is 10.6 Å². The molecule has 22 heavy (non-hydrogen) atoms. The van der Waals surface area contributed by atoms with E-state index in [4.69, 9.17) is 4.74 Å². The number of hydrogen-bond acceptors (Lipinski definition) is 5. The van der Waals surface area contributed by atoms with Crippen molar-refractivity contribution in [2.75, 3.05) is 19.7 Å². The molecule has 0 unspecified atom stereocenters.